The van der Waals surface area contributed by atoms with Gasteiger partial charge in [0.15, 0.2) is 0 Å². The molecule has 0 fully saturated rings. The molecular formula is C2H6NO3S+. The van der Waals surface area contributed by atoms with Crippen LogP contribution in [-0.4, -0.2) is 22.5 Å². The Balaban J connectivity index is 3.04. The van der Waals surface area contributed by atoms with E-state index in [4.69, 9.17) is 5.11 Å². The van der Waals surface area contributed by atoms with Crippen LogP contribution in [0.5, 0.6) is 0 Å². The molecule has 0 atom stereocenters. The molecule has 0 spiro atoms. The van der Waals surface area contributed by atoms with Gasteiger partial charge in [-0.25, -0.2) is 0 Å². The molecule has 0 aromatic heterocycles. The van der Waals surface area contributed by atoms with Crippen molar-refractivity contribution in [3.05, 3.63) is 0 Å². The Morgan fingerprint density at radius 3 is 2.57 bits per heavy atom. The van der Waals surface area contributed by atoms with E-state index in [1.165, 1.54) is 0 Å². The summed E-state index contributed by atoms with van der Waals surface area (Å²) in [7, 11) is -2.23. The topological polar surface area (TPSA) is 69.2 Å². The van der Waals surface area contributed by atoms with Gasteiger partial charge in [-0.2, -0.15) is 0 Å². The van der Waals surface area contributed by atoms with E-state index in [9.17, 15) is 8.25 Å². The second-order valence-corrected chi connectivity index (χ2v) is 1.61. The Morgan fingerprint density at radius 2 is 2.43 bits per heavy atom. The van der Waals surface area contributed by atoms with E-state index in [0.717, 1.165) is 0 Å². The summed E-state index contributed by atoms with van der Waals surface area (Å²) in [5, 5.41) is 7.98. The molecule has 0 aliphatic rings. The third kappa shape index (κ3) is 5.90. The third-order valence-corrected chi connectivity index (χ3v) is 0.772. The second-order valence-electron chi connectivity index (χ2n) is 0.853. The molecule has 0 unspecified atom stereocenters. The molecular weight excluding hydrogens is 118 g/mol. The predicted molar refractivity (Wildman–Crippen MR) is 23.9 cm³/mol. The molecule has 0 heterocycles. The van der Waals surface area contributed by atoms with Crippen LogP contribution in [0.2, 0.25) is 0 Å². The molecule has 0 radical (unpaired) electrons. The molecule has 0 bridgehead atoms. The normalized spacial score (nSPS) is 8.57. The van der Waals surface area contributed by atoms with E-state index in [0.29, 0.717) is 0 Å². The molecule has 4 nitrogen and oxygen atoms in total. The number of hydrogen-bond acceptors (Lipinski definition) is 2. The first-order valence-electron chi connectivity index (χ1n) is 1.71. The Bertz CT molecular complexity index is 136. The number of nitrogens with one attached hydrogen (secondary N) is 1. The van der Waals surface area contributed by atoms with Crippen molar-refractivity contribution < 1.29 is 13.4 Å². The summed E-state index contributed by atoms with van der Waals surface area (Å²) in [4.78, 5) is 0. The number of rotatable bonds is 2. The van der Waals surface area contributed by atoms with Crippen LogP contribution >= 0.6 is 0 Å². The SMILES string of the molecule is O=S(#[O+])NCCO. The summed E-state index contributed by atoms with van der Waals surface area (Å²) in [5.41, 5.74) is 0. The van der Waals surface area contributed by atoms with Crippen molar-refractivity contribution in [2.45, 2.75) is 0 Å². The molecule has 0 aliphatic heterocycles. The van der Waals surface area contributed by atoms with Crippen molar-refractivity contribution >= 4 is 10.7 Å². The standard InChI is InChI=1S/C2H6NO3S/c4-2-1-3-7(5)6/h4H,1-2H2,(H,3,5)/q+1. The molecule has 5 heteroatoms. The quantitative estimate of drug-likeness (QED) is 0.443. The van der Waals surface area contributed by atoms with Crippen molar-refractivity contribution in [1.82, 2.24) is 4.72 Å². The maximum atomic E-state index is 9.54. The average molecular weight is 124 g/mol. The second kappa shape index (κ2) is 4.07. The Kier molecular flexibility index (Phi) is 4.01. The first kappa shape index (κ1) is 6.90. The Labute approximate surface area is 42.9 Å². The fraction of sp³-hybridized carbons (Fsp3) is 1.00. The van der Waals surface area contributed by atoms with Gasteiger partial charge in [-0.3, -0.25) is 0 Å². The van der Waals surface area contributed by atoms with Gasteiger partial charge in [-0.15, -0.1) is 0 Å². The summed E-state index contributed by atoms with van der Waals surface area (Å²) in [6.45, 7) is -0.0654. The van der Waals surface area contributed by atoms with E-state index >= 15 is 0 Å². The van der Waals surface area contributed by atoms with Gasteiger partial charge in [0.1, 0.15) is 0 Å². The summed E-state index contributed by atoms with van der Waals surface area (Å²) in [6, 6.07) is 0. The van der Waals surface area contributed by atoms with Crippen LogP contribution in [-0.2, 0) is 14.8 Å². The zero-order valence-corrected chi connectivity index (χ0v) is 4.40. The average Bonchev–Trinajstić information content (AvgIpc) is 1.61. The van der Waals surface area contributed by atoms with Crippen LogP contribution in [0.15, 0.2) is 0 Å². The van der Waals surface area contributed by atoms with Crippen LogP contribution in [0, 0.1) is 0 Å². The first-order valence-corrected chi connectivity index (χ1v) is 2.78. The van der Waals surface area contributed by atoms with Crippen molar-refractivity contribution in [3.8, 4) is 0 Å². The summed E-state index contributed by atoms with van der Waals surface area (Å²) >= 11 is 0. The van der Waals surface area contributed by atoms with E-state index < -0.39 is 10.7 Å². The zero-order valence-electron chi connectivity index (χ0n) is 3.59. The molecule has 0 amide bonds. The maximum absolute atomic E-state index is 9.54. The summed E-state index contributed by atoms with van der Waals surface area (Å²) in [6.07, 6.45) is 0. The fourth-order valence-electron chi connectivity index (χ4n) is 0.129. The Hall–Kier alpha value is -0.100. The molecule has 0 aromatic rings. The molecule has 42 valence electrons. The number of aliphatic hydroxyl groups is 1. The van der Waals surface area contributed by atoms with Crippen LogP contribution in [0.1, 0.15) is 0 Å². The predicted octanol–water partition coefficient (Wildman–Crippen LogP) is -1.42. The van der Waals surface area contributed by atoms with Gasteiger partial charge in [0.05, 0.1) is 0 Å². The van der Waals surface area contributed by atoms with Gasteiger partial charge in [-0.1, -0.05) is 0 Å². The van der Waals surface area contributed by atoms with Crippen LogP contribution in [0.4, 0.5) is 0 Å². The van der Waals surface area contributed by atoms with Gasteiger partial charge in [0, 0.05) is 0 Å². The van der Waals surface area contributed by atoms with Gasteiger partial charge in [0.2, 0.25) is 0 Å². The van der Waals surface area contributed by atoms with E-state index in [1.54, 1.807) is 0 Å². The fourth-order valence-corrected chi connectivity index (χ4v) is 0.387. The Morgan fingerprint density at radius 1 is 1.86 bits per heavy atom. The van der Waals surface area contributed by atoms with Crippen LogP contribution < -0.4 is 4.72 Å². The van der Waals surface area contributed by atoms with Gasteiger partial charge in [0.25, 0.3) is 0 Å². The van der Waals surface area contributed by atoms with Gasteiger partial charge < -0.3 is 0 Å². The molecule has 7 heavy (non-hydrogen) atoms. The molecule has 0 saturated carbocycles. The molecule has 0 saturated heterocycles. The molecule has 2 N–H and O–H groups in total. The summed E-state index contributed by atoms with van der Waals surface area (Å²) < 4.78 is 21.0. The number of hydrogen-bond donors (Lipinski definition) is 2. The van der Waals surface area contributed by atoms with Crippen molar-refractivity contribution in [2.75, 3.05) is 13.2 Å². The number of aliphatic hydroxyl groups excluding tert-OH is 1. The van der Waals surface area contributed by atoms with E-state index in [-0.39, 0.29) is 13.2 Å². The van der Waals surface area contributed by atoms with Crippen LogP contribution in [0.25, 0.3) is 0 Å². The van der Waals surface area contributed by atoms with Gasteiger partial charge >= 0.3 is 42.0 Å². The molecule has 0 aromatic carbocycles. The zero-order chi connectivity index (χ0) is 5.70. The molecule has 0 aliphatic carbocycles. The van der Waals surface area contributed by atoms with Crippen molar-refractivity contribution in [2.24, 2.45) is 0 Å². The summed E-state index contributed by atoms with van der Waals surface area (Å²) in [5.74, 6) is 0. The third-order valence-electron chi connectivity index (χ3n) is 0.332. The van der Waals surface area contributed by atoms with Crippen molar-refractivity contribution in [3.63, 3.8) is 0 Å². The van der Waals surface area contributed by atoms with E-state index in [2.05, 4.69) is 0 Å². The monoisotopic (exact) mass is 124 g/mol. The molecule has 0 rings (SSSR count). The minimum absolute atomic E-state index is 0.0934. The first-order chi connectivity index (χ1) is 3.27. The van der Waals surface area contributed by atoms with E-state index in [1.807, 2.05) is 4.72 Å². The minimum atomic E-state index is -2.23. The van der Waals surface area contributed by atoms with Crippen LogP contribution in [0.3, 0.4) is 0 Å². The van der Waals surface area contributed by atoms with Gasteiger partial charge in [-0.05, 0) is 0 Å². The van der Waals surface area contributed by atoms with Crippen molar-refractivity contribution in [1.29, 1.82) is 0 Å².